The van der Waals surface area contributed by atoms with Crippen LogP contribution >= 0.6 is 24.8 Å². The van der Waals surface area contributed by atoms with E-state index < -0.39 is 40.8 Å². The lowest BCUT2D eigenvalue weighted by molar-refractivity contribution is 0.00495. The van der Waals surface area contributed by atoms with Crippen LogP contribution < -0.4 is 44.6 Å². The molecule has 0 unspecified atom stereocenters. The number of amides is 1. The summed E-state index contributed by atoms with van der Waals surface area (Å²) >= 11 is 0. The van der Waals surface area contributed by atoms with Crippen LogP contribution in [0, 0.1) is 0 Å². The maximum absolute atomic E-state index is 12.4. The first-order chi connectivity index (χ1) is 39.8. The Hall–Kier alpha value is -7.43. The van der Waals surface area contributed by atoms with E-state index in [-0.39, 0.29) is 112 Å². The summed E-state index contributed by atoms with van der Waals surface area (Å²) in [6.45, 7) is 5.32. The van der Waals surface area contributed by atoms with E-state index in [4.69, 9.17) is 40.6 Å². The Morgan fingerprint density at radius 1 is 0.547 bits per heavy atom. The molecule has 5 saturated carbocycles. The second-order valence-electron chi connectivity index (χ2n) is 21.4. The van der Waals surface area contributed by atoms with E-state index in [1.165, 1.54) is 53.9 Å². The number of carbonyl (C=O) groups excluding carboxylic acids is 3. The number of methoxy groups -OCH3 is 5. The fraction of sp³-hybridized carbons (Fsp3) is 0.500. The van der Waals surface area contributed by atoms with Gasteiger partial charge in [-0.1, -0.05) is 0 Å². The van der Waals surface area contributed by atoms with E-state index in [0.717, 1.165) is 51.4 Å². The maximum atomic E-state index is 12.4. The van der Waals surface area contributed by atoms with Crippen molar-refractivity contribution in [2.75, 3.05) is 46.6 Å². The Kier molecular flexibility index (Phi) is 28.8. The van der Waals surface area contributed by atoms with E-state index >= 15 is 0 Å². The first-order valence-corrected chi connectivity index (χ1v) is 27.1. The lowest BCUT2D eigenvalue weighted by Crippen LogP contribution is -2.39. The molecule has 28 heteroatoms. The fourth-order valence-electron chi connectivity index (χ4n) is 9.06. The van der Waals surface area contributed by atoms with E-state index in [1.807, 2.05) is 0 Å². The van der Waals surface area contributed by atoms with Gasteiger partial charge >= 0.3 is 29.6 Å². The third-order valence-corrected chi connectivity index (χ3v) is 14.4. The maximum Gasteiger partial charge on any atom is 0.412 e. The fourth-order valence-corrected chi connectivity index (χ4v) is 9.06. The number of rotatable bonds is 11. The molecule has 0 aliphatic heterocycles. The van der Waals surface area contributed by atoms with Gasteiger partial charge in [0.25, 0.3) is 22.2 Å². The third kappa shape index (κ3) is 20.4. The Labute approximate surface area is 507 Å². The van der Waals surface area contributed by atoms with Crippen molar-refractivity contribution in [3.8, 4) is 0 Å². The quantitative estimate of drug-likeness (QED) is 0.0722. The molecule has 5 aliphatic rings. The van der Waals surface area contributed by atoms with Crippen LogP contribution in [0.5, 0.6) is 0 Å². The molecule has 474 valence electrons. The molecule has 5 aliphatic carbocycles. The van der Waals surface area contributed by atoms with Gasteiger partial charge in [-0.3, -0.25) is 24.5 Å². The van der Waals surface area contributed by atoms with Crippen molar-refractivity contribution >= 4 is 60.2 Å². The van der Waals surface area contributed by atoms with Gasteiger partial charge < -0.3 is 77.9 Å². The predicted octanol–water partition coefficient (Wildman–Crippen LogP) is 5.29. The van der Waals surface area contributed by atoms with Gasteiger partial charge in [-0.25, -0.2) is 24.0 Å². The second-order valence-corrected chi connectivity index (χ2v) is 21.4. The smallest absolute Gasteiger partial charge is 0.412 e. The zero-order chi connectivity index (χ0) is 62.0. The zero-order valence-electron chi connectivity index (χ0n) is 49.1. The normalized spacial score (nSPS) is 22.6. The minimum atomic E-state index is -1.18. The number of halogens is 2. The van der Waals surface area contributed by atoms with Gasteiger partial charge in [-0.05, 0) is 146 Å². The molecule has 0 atom stereocenters. The molecule has 5 heterocycles. The molecule has 0 aromatic carbocycles. The number of nitrogens with zero attached hydrogens (tertiary/aromatic N) is 4. The summed E-state index contributed by atoms with van der Waals surface area (Å²) in [6.07, 6.45) is 15.3. The number of nitrogens with one attached hydrogen (secondary N) is 1. The molecule has 8 N–H and O–H groups in total. The summed E-state index contributed by atoms with van der Waals surface area (Å²) in [5.41, 5.74) is 8.78. The average Bonchev–Trinajstić information content (AvgIpc) is 1.21. The van der Waals surface area contributed by atoms with Crippen LogP contribution in [0.3, 0.4) is 0 Å². The molecule has 26 nitrogen and oxygen atoms in total. The number of pyridine rings is 4. The molecule has 86 heavy (non-hydrogen) atoms. The highest BCUT2D eigenvalue weighted by Gasteiger charge is 2.34. The van der Waals surface area contributed by atoms with Crippen LogP contribution in [0.2, 0.25) is 0 Å². The van der Waals surface area contributed by atoms with Gasteiger partial charge in [0.1, 0.15) is 28.0 Å². The molecule has 0 saturated heterocycles. The summed E-state index contributed by atoms with van der Waals surface area (Å²) in [5.74, 6) is -2.49. The van der Waals surface area contributed by atoms with Crippen molar-refractivity contribution in [2.24, 2.45) is 5.73 Å². The second kappa shape index (κ2) is 34.1. The number of carboxylic acids is 1. The highest BCUT2D eigenvalue weighted by molar-refractivity contribution is 5.89. The van der Waals surface area contributed by atoms with Crippen LogP contribution in [0.15, 0.2) is 120 Å². The lowest BCUT2D eigenvalue weighted by Gasteiger charge is -2.35. The van der Waals surface area contributed by atoms with Gasteiger partial charge in [0.15, 0.2) is 0 Å². The number of carbonyl (C=O) groups is 4. The number of hydrogen-bond donors (Lipinski definition) is 6. The Balaban J connectivity index is 0.000000276. The monoisotopic (exact) mass is 1250 g/mol. The number of aliphatic hydroxyl groups excluding tert-OH is 2. The Morgan fingerprint density at radius 2 is 0.930 bits per heavy atom. The first-order valence-electron chi connectivity index (χ1n) is 27.1. The molecule has 0 radical (unpaired) electrons. The van der Waals surface area contributed by atoms with Crippen LogP contribution in [0.4, 0.5) is 16.2 Å². The molecule has 1 amide bonds. The van der Waals surface area contributed by atoms with Gasteiger partial charge in [0, 0.05) is 76.3 Å². The van der Waals surface area contributed by atoms with Crippen molar-refractivity contribution in [3.05, 3.63) is 160 Å². The minimum absolute atomic E-state index is 0. The number of esters is 2. The summed E-state index contributed by atoms with van der Waals surface area (Å²) in [5, 5.41) is 29.1. The largest absolute Gasteiger partial charge is 0.477 e. The van der Waals surface area contributed by atoms with Gasteiger partial charge in [-0.2, -0.15) is 0 Å². The number of nitrogen functional groups attached to an aromatic ring is 1. The molecule has 5 aromatic heterocycles. The lowest BCUT2D eigenvalue weighted by atomic mass is 9.89. The summed E-state index contributed by atoms with van der Waals surface area (Å²) in [6, 6.07) is 16.3. The topological polar surface area (TPSA) is 367 Å². The average molecular weight is 1250 g/mol. The number of aliphatic hydroxyl groups is 2. The van der Waals surface area contributed by atoms with Gasteiger partial charge in [-0.15, -0.1) is 24.8 Å². The van der Waals surface area contributed by atoms with E-state index in [2.05, 4.69) is 19.2 Å². The zero-order valence-corrected chi connectivity index (χ0v) is 50.8. The van der Waals surface area contributed by atoms with Crippen LogP contribution in [-0.2, 0) is 28.4 Å². The molecular weight excluding hydrogens is 1170 g/mol. The van der Waals surface area contributed by atoms with Crippen molar-refractivity contribution in [1.29, 1.82) is 0 Å². The van der Waals surface area contributed by atoms with Gasteiger partial charge in [0.05, 0.1) is 56.7 Å². The number of aromatic nitrogens is 4. The highest BCUT2D eigenvalue weighted by Crippen LogP contribution is 2.35. The van der Waals surface area contributed by atoms with Crippen molar-refractivity contribution < 1.29 is 67.3 Å². The van der Waals surface area contributed by atoms with Crippen molar-refractivity contribution in [3.63, 3.8) is 0 Å². The number of anilines is 2. The molecule has 5 aromatic rings. The molecular formula is C58H79Cl2N7O19. The molecule has 0 spiro atoms. The highest BCUT2D eigenvalue weighted by atomic mass is 35.5. The summed E-state index contributed by atoms with van der Waals surface area (Å²) in [7, 11) is 7.45. The number of hydrogen-bond acceptors (Lipinski definition) is 20. The van der Waals surface area contributed by atoms with Crippen LogP contribution in [0.25, 0.3) is 0 Å². The summed E-state index contributed by atoms with van der Waals surface area (Å²) in [4.78, 5) is 103. The van der Waals surface area contributed by atoms with E-state index in [0.29, 0.717) is 30.7 Å². The number of carboxylic acid groups (broad SMARTS) is 1. The first kappa shape index (κ1) is 72.8. The molecule has 5 fully saturated rings. The molecule has 10 rings (SSSR count). The third-order valence-electron chi connectivity index (χ3n) is 14.4. The summed E-state index contributed by atoms with van der Waals surface area (Å²) < 4.78 is 40.2. The van der Waals surface area contributed by atoms with E-state index in [9.17, 15) is 48.3 Å². The van der Waals surface area contributed by atoms with Crippen LogP contribution in [-0.4, -0.2) is 135 Å². The Morgan fingerprint density at radius 3 is 1.33 bits per heavy atom. The SMILES string of the molecule is COC(=O)c1cccn(C2CC(O)C2)c1=O.COC(=O)c1cccoc1=O.COC1CC(n2cccc(C(=O)O)c2=O)C1.COC1CC(n2cccc(N)c2=O)C1.COC1CC(n2cccc(NC(=O)OC(C)(C)C)c2=O)C1.Cl.Cl.NC1CC(O)C1. The number of nitrogens with two attached hydrogens (primary N) is 2. The molecule has 0 bridgehead atoms. The number of ether oxygens (including phenoxy) is 6. The standard InChI is InChI=1S/C15H22N2O4.2C11H13NO4.C10H14N2O2.C7H6O4.C4H9NO.2ClH/c1-15(2,3)21-14(19)16-12-6-5-7-17(13(12)18)10-8-11(9-10)20-4;1-16-8-5-7(6-8)12-4-2-3-9(10(12)13)11(14)15;1-16-11(15)9-3-2-4-12(10(9)14)7-5-8(13)6-7;1-14-8-5-7(6-8)12-4-2-3-9(11)10(12)13;1-10-6(8)5-3-2-4-11-7(5)9;5-3-1-4(6)2-3;;/h5-7,10-11H,8-9H2,1-4H3,(H,16,19);2-4,7-8H,5-6H2,1H3,(H,14,15);2-4,7-8,13H,5-6H2,1H3;2-4,7-8H,5-6,11H2,1H3;2-4H,1H3;3-4,6H,1-2,5H2;2*1H. The van der Waals surface area contributed by atoms with Crippen molar-refractivity contribution in [1.82, 2.24) is 18.3 Å². The van der Waals surface area contributed by atoms with Gasteiger partial charge in [0.2, 0.25) is 0 Å². The predicted molar refractivity (Wildman–Crippen MR) is 321 cm³/mol. The van der Waals surface area contributed by atoms with E-state index in [1.54, 1.807) is 112 Å². The van der Waals surface area contributed by atoms with Crippen LogP contribution in [0.1, 0.15) is 140 Å². The Bertz CT molecular complexity index is 3300. The van der Waals surface area contributed by atoms with Crippen molar-refractivity contribution in [2.45, 2.75) is 151 Å². The minimum Gasteiger partial charge on any atom is -0.477 e. The number of aromatic carboxylic acids is 1.